The molecule has 1 aliphatic rings. The van der Waals surface area contributed by atoms with Crippen LogP contribution in [0.3, 0.4) is 0 Å². The number of morpholine rings is 1. The predicted molar refractivity (Wildman–Crippen MR) is 37.5 cm³/mol. The minimum atomic E-state index is 0.406. The number of hydrogen-bond donors (Lipinski definition) is 0. The van der Waals surface area contributed by atoms with Crippen molar-refractivity contribution in [3.8, 4) is 0 Å². The molecule has 9 heavy (non-hydrogen) atoms. The maximum atomic E-state index is 5.42. The van der Waals surface area contributed by atoms with E-state index in [1.165, 1.54) is 0 Å². The van der Waals surface area contributed by atoms with Crippen LogP contribution in [0.25, 0.3) is 0 Å². The molecule has 0 radical (unpaired) electrons. The summed E-state index contributed by atoms with van der Waals surface area (Å²) in [5, 5.41) is 0. The first-order valence-corrected chi connectivity index (χ1v) is 3.53. The number of hydrogen-bond acceptors (Lipinski definition) is 2. The molecule has 0 aromatic rings. The first-order chi connectivity index (χ1) is 4.22. The number of nitrogens with zero attached hydrogens (tertiary/aromatic N) is 1. The van der Waals surface area contributed by atoms with E-state index >= 15 is 0 Å². The van der Waals surface area contributed by atoms with Gasteiger partial charge in [0.1, 0.15) is 0 Å². The Morgan fingerprint density at radius 2 is 2.11 bits per heavy atom. The van der Waals surface area contributed by atoms with Crippen molar-refractivity contribution in [2.75, 3.05) is 20.2 Å². The zero-order valence-corrected chi connectivity index (χ0v) is 6.42. The lowest BCUT2D eigenvalue weighted by Gasteiger charge is -2.34. The largest absolute Gasteiger partial charge is 0.376 e. The van der Waals surface area contributed by atoms with Crippen LogP contribution in [0.5, 0.6) is 0 Å². The molecule has 1 aliphatic heterocycles. The maximum Gasteiger partial charge on any atom is 0.0699 e. The molecule has 0 aromatic heterocycles. The zero-order chi connectivity index (χ0) is 6.85. The number of ether oxygens (including phenoxy) is 1. The summed E-state index contributed by atoms with van der Waals surface area (Å²) in [6.07, 6.45) is 0.406. The van der Waals surface area contributed by atoms with Gasteiger partial charge in [-0.2, -0.15) is 0 Å². The van der Waals surface area contributed by atoms with Gasteiger partial charge in [0.15, 0.2) is 0 Å². The van der Waals surface area contributed by atoms with Gasteiger partial charge < -0.3 is 4.74 Å². The average molecular weight is 129 g/mol. The van der Waals surface area contributed by atoms with Crippen LogP contribution in [-0.4, -0.2) is 37.2 Å². The lowest BCUT2D eigenvalue weighted by molar-refractivity contribution is -0.0448. The van der Waals surface area contributed by atoms with Crippen LogP contribution < -0.4 is 0 Å². The summed E-state index contributed by atoms with van der Waals surface area (Å²) in [5.74, 6) is 0. The van der Waals surface area contributed by atoms with Crippen molar-refractivity contribution in [2.24, 2.45) is 0 Å². The Hall–Kier alpha value is -0.0800. The highest BCUT2D eigenvalue weighted by Crippen LogP contribution is 2.09. The molecule has 0 spiro atoms. The maximum absolute atomic E-state index is 5.42. The highest BCUT2D eigenvalue weighted by molar-refractivity contribution is 4.73. The van der Waals surface area contributed by atoms with Gasteiger partial charge in [0, 0.05) is 12.6 Å². The van der Waals surface area contributed by atoms with Gasteiger partial charge in [-0.3, -0.25) is 4.90 Å². The second kappa shape index (κ2) is 2.67. The van der Waals surface area contributed by atoms with Gasteiger partial charge in [0.25, 0.3) is 0 Å². The summed E-state index contributed by atoms with van der Waals surface area (Å²) in [5.41, 5.74) is 0. The minimum Gasteiger partial charge on any atom is -0.376 e. The van der Waals surface area contributed by atoms with Gasteiger partial charge in [0.05, 0.1) is 12.7 Å². The standard InChI is InChI=1S/C7H15NO/c1-6-7(2)9-5-4-8(6)3/h6-7H,4-5H2,1-3H3/t6-,7-/m0/s1. The van der Waals surface area contributed by atoms with E-state index in [1.54, 1.807) is 0 Å². The molecule has 1 rings (SSSR count). The highest BCUT2D eigenvalue weighted by Gasteiger charge is 2.21. The molecule has 54 valence electrons. The fraction of sp³-hybridized carbons (Fsp3) is 1.00. The van der Waals surface area contributed by atoms with E-state index in [-0.39, 0.29) is 0 Å². The summed E-state index contributed by atoms with van der Waals surface area (Å²) < 4.78 is 5.42. The molecule has 0 bridgehead atoms. The fourth-order valence-electron chi connectivity index (χ4n) is 1.08. The normalized spacial score (nSPS) is 39.0. The van der Waals surface area contributed by atoms with Gasteiger partial charge in [-0.05, 0) is 20.9 Å². The van der Waals surface area contributed by atoms with E-state index in [1.807, 2.05) is 0 Å². The summed E-state index contributed by atoms with van der Waals surface area (Å²) in [6.45, 7) is 6.29. The van der Waals surface area contributed by atoms with Gasteiger partial charge in [-0.25, -0.2) is 0 Å². The zero-order valence-electron chi connectivity index (χ0n) is 6.42. The van der Waals surface area contributed by atoms with Crippen molar-refractivity contribution in [2.45, 2.75) is 26.0 Å². The van der Waals surface area contributed by atoms with Gasteiger partial charge in [-0.15, -0.1) is 0 Å². The Kier molecular flexibility index (Phi) is 2.09. The van der Waals surface area contributed by atoms with Gasteiger partial charge >= 0.3 is 0 Å². The van der Waals surface area contributed by atoms with Crippen LogP contribution in [0.4, 0.5) is 0 Å². The lowest BCUT2D eigenvalue weighted by atomic mass is 10.1. The molecule has 0 amide bonds. The van der Waals surface area contributed by atoms with Crippen molar-refractivity contribution >= 4 is 0 Å². The topological polar surface area (TPSA) is 12.5 Å². The highest BCUT2D eigenvalue weighted by atomic mass is 16.5. The smallest absolute Gasteiger partial charge is 0.0699 e. The summed E-state index contributed by atoms with van der Waals surface area (Å²) >= 11 is 0. The first-order valence-electron chi connectivity index (χ1n) is 3.53. The second-order valence-electron chi connectivity index (χ2n) is 2.80. The molecule has 1 heterocycles. The Balaban J connectivity index is 2.41. The van der Waals surface area contributed by atoms with Crippen LogP contribution in [-0.2, 0) is 4.74 Å². The van der Waals surface area contributed by atoms with Gasteiger partial charge in [-0.1, -0.05) is 0 Å². The fourth-order valence-corrected chi connectivity index (χ4v) is 1.08. The molecule has 0 N–H and O–H groups in total. The minimum absolute atomic E-state index is 0.406. The van der Waals surface area contributed by atoms with Crippen molar-refractivity contribution in [1.82, 2.24) is 4.90 Å². The summed E-state index contributed by atoms with van der Waals surface area (Å²) in [4.78, 5) is 2.33. The van der Waals surface area contributed by atoms with Crippen molar-refractivity contribution in [1.29, 1.82) is 0 Å². The van der Waals surface area contributed by atoms with Crippen molar-refractivity contribution < 1.29 is 4.74 Å². The molecule has 2 atom stereocenters. The summed E-state index contributed by atoms with van der Waals surface area (Å²) in [7, 11) is 2.14. The number of likely N-dealkylation sites (N-methyl/N-ethyl adjacent to an activating group) is 1. The molecule has 2 heteroatoms. The summed E-state index contributed by atoms with van der Waals surface area (Å²) in [6, 6.07) is 0.582. The quantitative estimate of drug-likeness (QED) is 0.478. The molecule has 0 saturated carbocycles. The predicted octanol–water partition coefficient (Wildman–Crippen LogP) is 0.725. The molecule has 2 nitrogen and oxygen atoms in total. The van der Waals surface area contributed by atoms with E-state index in [9.17, 15) is 0 Å². The van der Waals surface area contributed by atoms with Crippen LogP contribution >= 0.6 is 0 Å². The van der Waals surface area contributed by atoms with Crippen molar-refractivity contribution in [3.63, 3.8) is 0 Å². The van der Waals surface area contributed by atoms with E-state index in [0.717, 1.165) is 13.2 Å². The Morgan fingerprint density at radius 3 is 2.56 bits per heavy atom. The molecular weight excluding hydrogens is 114 g/mol. The van der Waals surface area contributed by atoms with Crippen molar-refractivity contribution in [3.05, 3.63) is 0 Å². The van der Waals surface area contributed by atoms with E-state index in [0.29, 0.717) is 12.1 Å². The second-order valence-corrected chi connectivity index (χ2v) is 2.80. The Morgan fingerprint density at radius 1 is 1.44 bits per heavy atom. The molecule has 0 aliphatic carbocycles. The third kappa shape index (κ3) is 1.43. The van der Waals surface area contributed by atoms with Crippen LogP contribution in [0.1, 0.15) is 13.8 Å². The van der Waals surface area contributed by atoms with E-state index in [2.05, 4.69) is 25.8 Å². The SMILES string of the molecule is C[C@@H]1OCCN(C)[C@H]1C. The van der Waals surface area contributed by atoms with Gasteiger partial charge in [0.2, 0.25) is 0 Å². The third-order valence-electron chi connectivity index (χ3n) is 2.20. The first kappa shape index (κ1) is 7.03. The van der Waals surface area contributed by atoms with Crippen LogP contribution in [0, 0.1) is 0 Å². The molecular formula is C7H15NO. The van der Waals surface area contributed by atoms with Crippen LogP contribution in [0.2, 0.25) is 0 Å². The molecule has 0 unspecified atom stereocenters. The Bertz CT molecular complexity index is 84.9. The van der Waals surface area contributed by atoms with E-state index < -0.39 is 0 Å². The molecule has 1 fully saturated rings. The molecule has 0 aromatic carbocycles. The molecule has 1 saturated heterocycles. The monoisotopic (exact) mass is 129 g/mol. The Labute approximate surface area is 56.8 Å². The average Bonchev–Trinajstić information content (AvgIpc) is 1.83. The van der Waals surface area contributed by atoms with E-state index in [4.69, 9.17) is 4.74 Å². The number of rotatable bonds is 0. The third-order valence-corrected chi connectivity index (χ3v) is 2.20. The van der Waals surface area contributed by atoms with Crippen LogP contribution in [0.15, 0.2) is 0 Å². The lowest BCUT2D eigenvalue weighted by Crippen LogP contribution is -2.45.